The van der Waals surface area contributed by atoms with Gasteiger partial charge in [0.05, 0.1) is 29.0 Å². The molecule has 10 nitrogen and oxygen atoms in total. The van der Waals surface area contributed by atoms with Crippen molar-refractivity contribution in [3.05, 3.63) is 59.7 Å². The van der Waals surface area contributed by atoms with Crippen LogP contribution in [0.4, 0.5) is 17.3 Å². The average molecular weight is 505 g/mol. The SMILES string of the molecule is CC[C@@H](Nc1nc2nsnc2nc1Nc1cccc(C(=O)N2CCN(C)CC2)c1O)c1ccccc1. The van der Waals surface area contributed by atoms with Crippen molar-refractivity contribution in [1.29, 1.82) is 0 Å². The van der Waals surface area contributed by atoms with Gasteiger partial charge in [-0.1, -0.05) is 43.3 Å². The number of benzene rings is 2. The smallest absolute Gasteiger partial charge is 0.257 e. The molecule has 1 atom stereocenters. The summed E-state index contributed by atoms with van der Waals surface area (Å²) in [5, 5.41) is 17.7. The lowest BCUT2D eigenvalue weighted by Crippen LogP contribution is -2.47. The Bertz CT molecular complexity index is 1350. The third kappa shape index (κ3) is 4.93. The molecule has 0 spiro atoms. The van der Waals surface area contributed by atoms with Gasteiger partial charge in [0.15, 0.2) is 17.4 Å². The number of likely N-dealkylation sites (N-methyl/N-ethyl adjacent to an activating group) is 1. The summed E-state index contributed by atoms with van der Waals surface area (Å²) < 4.78 is 8.45. The van der Waals surface area contributed by atoms with Crippen molar-refractivity contribution in [2.24, 2.45) is 0 Å². The van der Waals surface area contributed by atoms with Crippen LogP contribution < -0.4 is 10.6 Å². The minimum absolute atomic E-state index is 0.0103. The number of aromatic hydroxyl groups is 1. The number of anilines is 3. The van der Waals surface area contributed by atoms with Gasteiger partial charge in [-0.2, -0.15) is 8.75 Å². The Hall–Kier alpha value is -3.83. The van der Waals surface area contributed by atoms with E-state index in [-0.39, 0.29) is 23.3 Å². The number of amides is 1. The van der Waals surface area contributed by atoms with Gasteiger partial charge in [0.25, 0.3) is 5.91 Å². The number of carbonyl (C=O) groups is 1. The number of fused-ring (bicyclic) bond motifs is 1. The van der Waals surface area contributed by atoms with E-state index in [9.17, 15) is 9.90 Å². The second-order valence-electron chi connectivity index (χ2n) is 8.77. The van der Waals surface area contributed by atoms with E-state index in [2.05, 4.69) is 53.3 Å². The predicted octanol–water partition coefficient (Wildman–Crippen LogP) is 3.88. The zero-order valence-electron chi connectivity index (χ0n) is 20.2. The molecule has 2 aromatic carbocycles. The quantitative estimate of drug-likeness (QED) is 0.322. The summed E-state index contributed by atoms with van der Waals surface area (Å²) in [6.07, 6.45) is 0.818. The molecule has 1 amide bonds. The molecule has 0 aliphatic carbocycles. The Morgan fingerprint density at radius 3 is 2.39 bits per heavy atom. The first-order chi connectivity index (χ1) is 17.5. The van der Waals surface area contributed by atoms with E-state index in [1.807, 2.05) is 25.2 Å². The molecule has 2 aromatic heterocycles. The summed E-state index contributed by atoms with van der Waals surface area (Å²) >= 11 is 1.04. The number of aromatic nitrogens is 4. The normalized spacial score (nSPS) is 15.1. The molecule has 36 heavy (non-hydrogen) atoms. The summed E-state index contributed by atoms with van der Waals surface area (Å²) in [4.78, 5) is 26.4. The highest BCUT2D eigenvalue weighted by molar-refractivity contribution is 6.99. The lowest BCUT2D eigenvalue weighted by atomic mass is 10.0. The first-order valence-electron chi connectivity index (χ1n) is 11.9. The van der Waals surface area contributed by atoms with Gasteiger partial charge in [0, 0.05) is 26.2 Å². The monoisotopic (exact) mass is 504 g/mol. The maximum Gasteiger partial charge on any atom is 0.257 e. The van der Waals surface area contributed by atoms with Crippen LogP contribution in [-0.2, 0) is 0 Å². The molecule has 5 rings (SSSR count). The van der Waals surface area contributed by atoms with Gasteiger partial charge in [0.1, 0.15) is 0 Å². The fourth-order valence-corrected chi connectivity index (χ4v) is 4.66. The van der Waals surface area contributed by atoms with Crippen molar-refractivity contribution in [2.75, 3.05) is 43.9 Å². The number of phenolic OH excluding ortho intramolecular Hbond substituents is 1. The molecule has 1 aliphatic heterocycles. The number of piperazine rings is 1. The van der Waals surface area contributed by atoms with E-state index < -0.39 is 0 Å². The standard InChI is InChI=1S/C25H28N8O2S/c1-3-18(16-8-5-4-6-9-16)26-21-22(29-24-23(28-21)30-36-31-24)27-19-11-7-10-17(20(19)34)25(35)33-14-12-32(2)13-15-33/h4-11,18,34H,3,12-15H2,1-2H3,(H,26,28,30)(H,27,29,31)/t18-/m1/s1. The van der Waals surface area contributed by atoms with E-state index in [1.54, 1.807) is 23.1 Å². The second kappa shape index (κ2) is 10.4. The molecule has 186 valence electrons. The number of hydrogen-bond acceptors (Lipinski definition) is 10. The average Bonchev–Trinajstić information content (AvgIpc) is 3.36. The van der Waals surface area contributed by atoms with Crippen LogP contribution in [0, 0.1) is 0 Å². The number of para-hydroxylation sites is 1. The number of phenols is 1. The summed E-state index contributed by atoms with van der Waals surface area (Å²) in [6.45, 7) is 4.94. The molecule has 3 N–H and O–H groups in total. The summed E-state index contributed by atoms with van der Waals surface area (Å²) in [5.74, 6) is 0.564. The zero-order valence-corrected chi connectivity index (χ0v) is 21.0. The molecular formula is C25H28N8O2S. The Morgan fingerprint density at radius 1 is 1.00 bits per heavy atom. The number of rotatable bonds is 7. The van der Waals surface area contributed by atoms with Crippen LogP contribution in [0.5, 0.6) is 5.75 Å². The highest BCUT2D eigenvalue weighted by Gasteiger charge is 2.24. The number of nitrogens with zero attached hydrogens (tertiary/aromatic N) is 6. The first-order valence-corrected chi connectivity index (χ1v) is 12.6. The van der Waals surface area contributed by atoms with Gasteiger partial charge in [-0.3, -0.25) is 4.79 Å². The molecule has 1 fully saturated rings. The van der Waals surface area contributed by atoms with Crippen LogP contribution >= 0.6 is 11.7 Å². The van der Waals surface area contributed by atoms with Gasteiger partial charge in [-0.25, -0.2) is 9.97 Å². The van der Waals surface area contributed by atoms with E-state index in [0.29, 0.717) is 41.7 Å². The van der Waals surface area contributed by atoms with Crippen molar-refractivity contribution in [3.8, 4) is 5.75 Å². The fourth-order valence-electron chi connectivity index (χ4n) is 4.22. The van der Waals surface area contributed by atoms with Gasteiger partial charge in [0.2, 0.25) is 11.3 Å². The van der Waals surface area contributed by atoms with Crippen LogP contribution in [0.15, 0.2) is 48.5 Å². The number of carbonyl (C=O) groups excluding carboxylic acids is 1. The molecule has 1 aliphatic rings. The lowest BCUT2D eigenvalue weighted by Gasteiger charge is -2.32. The first kappa shape index (κ1) is 23.9. The molecule has 0 saturated carbocycles. The zero-order chi connectivity index (χ0) is 25.1. The summed E-state index contributed by atoms with van der Waals surface area (Å²) in [7, 11) is 2.03. The topological polar surface area (TPSA) is 119 Å². The molecule has 0 bridgehead atoms. The van der Waals surface area contributed by atoms with Gasteiger partial charge >= 0.3 is 0 Å². The second-order valence-corrected chi connectivity index (χ2v) is 9.30. The lowest BCUT2D eigenvalue weighted by molar-refractivity contribution is 0.0661. The third-order valence-electron chi connectivity index (χ3n) is 6.35. The Labute approximate surface area is 213 Å². The molecule has 1 saturated heterocycles. The number of nitrogens with one attached hydrogen (secondary N) is 2. The maximum absolute atomic E-state index is 13.1. The van der Waals surface area contributed by atoms with Gasteiger partial charge in [-0.05, 0) is 31.2 Å². The van der Waals surface area contributed by atoms with E-state index in [1.165, 1.54) is 0 Å². The van der Waals surface area contributed by atoms with Crippen molar-refractivity contribution in [2.45, 2.75) is 19.4 Å². The van der Waals surface area contributed by atoms with Crippen molar-refractivity contribution >= 4 is 46.3 Å². The molecular weight excluding hydrogens is 476 g/mol. The Kier molecular flexibility index (Phi) is 6.92. The fraction of sp³-hybridized carbons (Fsp3) is 0.320. The minimum atomic E-state index is -0.192. The summed E-state index contributed by atoms with van der Waals surface area (Å²) in [5.41, 5.74) is 2.58. The predicted molar refractivity (Wildman–Crippen MR) is 141 cm³/mol. The summed E-state index contributed by atoms with van der Waals surface area (Å²) in [6, 6.07) is 15.2. The Morgan fingerprint density at radius 2 is 1.69 bits per heavy atom. The van der Waals surface area contributed by atoms with Crippen LogP contribution in [-0.4, -0.2) is 72.8 Å². The number of hydrogen-bond donors (Lipinski definition) is 3. The Balaban J connectivity index is 1.46. The molecule has 4 aromatic rings. The van der Waals surface area contributed by atoms with E-state index in [4.69, 9.17) is 0 Å². The van der Waals surface area contributed by atoms with Crippen LogP contribution in [0.1, 0.15) is 35.3 Å². The largest absolute Gasteiger partial charge is 0.505 e. The van der Waals surface area contributed by atoms with Crippen molar-refractivity contribution in [1.82, 2.24) is 28.5 Å². The third-order valence-corrected chi connectivity index (χ3v) is 6.85. The van der Waals surface area contributed by atoms with Gasteiger partial charge < -0.3 is 25.5 Å². The maximum atomic E-state index is 13.1. The molecule has 3 heterocycles. The molecule has 0 radical (unpaired) electrons. The van der Waals surface area contributed by atoms with Crippen molar-refractivity contribution in [3.63, 3.8) is 0 Å². The van der Waals surface area contributed by atoms with Crippen LogP contribution in [0.2, 0.25) is 0 Å². The van der Waals surface area contributed by atoms with Crippen LogP contribution in [0.25, 0.3) is 11.3 Å². The van der Waals surface area contributed by atoms with Crippen LogP contribution in [0.3, 0.4) is 0 Å². The van der Waals surface area contributed by atoms with Gasteiger partial charge in [-0.15, -0.1) is 0 Å². The minimum Gasteiger partial charge on any atom is -0.505 e. The highest BCUT2D eigenvalue weighted by Crippen LogP contribution is 2.34. The highest BCUT2D eigenvalue weighted by atomic mass is 32.1. The molecule has 0 unspecified atom stereocenters. The van der Waals surface area contributed by atoms with E-state index in [0.717, 1.165) is 36.8 Å². The van der Waals surface area contributed by atoms with E-state index >= 15 is 0 Å². The molecule has 11 heteroatoms. The van der Waals surface area contributed by atoms with Crippen molar-refractivity contribution < 1.29 is 9.90 Å².